The molecule has 1 N–H and O–H groups in total. The van der Waals surface area contributed by atoms with Crippen molar-refractivity contribution in [3.8, 4) is 5.75 Å². The normalized spacial score (nSPS) is 12.4. The molecule has 0 aliphatic heterocycles. The molecule has 5 heteroatoms. The van der Waals surface area contributed by atoms with Crippen LogP contribution in [0.2, 0.25) is 0 Å². The molecule has 1 heterocycles. The van der Waals surface area contributed by atoms with E-state index in [-0.39, 0.29) is 6.04 Å². The Labute approximate surface area is 124 Å². The maximum absolute atomic E-state index is 5.50. The minimum Gasteiger partial charge on any atom is -0.496 e. The third kappa shape index (κ3) is 2.99. The number of nitrogens with one attached hydrogen (secondary N) is 1. The summed E-state index contributed by atoms with van der Waals surface area (Å²) in [5.41, 5.74) is 3.44. The Kier molecular flexibility index (Phi) is 5.09. The van der Waals surface area contributed by atoms with Crippen molar-refractivity contribution >= 4 is 11.5 Å². The molecule has 1 aromatic carbocycles. The fourth-order valence-electron chi connectivity index (χ4n) is 2.35. The lowest BCUT2D eigenvalue weighted by molar-refractivity contribution is 0.405. The Morgan fingerprint density at radius 2 is 2.20 bits per heavy atom. The van der Waals surface area contributed by atoms with Crippen LogP contribution in [0.15, 0.2) is 18.2 Å². The second-order valence-corrected chi connectivity index (χ2v) is 5.59. The topological polar surface area (TPSA) is 47.0 Å². The molecule has 1 atom stereocenters. The molecule has 0 bridgehead atoms. The van der Waals surface area contributed by atoms with Gasteiger partial charge in [0.2, 0.25) is 0 Å². The summed E-state index contributed by atoms with van der Waals surface area (Å²) in [6, 6.07) is 6.32. The molecule has 0 spiro atoms. The van der Waals surface area contributed by atoms with E-state index in [1.807, 2.05) is 13.1 Å². The zero-order valence-corrected chi connectivity index (χ0v) is 13.3. The van der Waals surface area contributed by atoms with Gasteiger partial charge in [0.05, 0.1) is 23.7 Å². The van der Waals surface area contributed by atoms with Crippen LogP contribution < -0.4 is 10.1 Å². The van der Waals surface area contributed by atoms with Gasteiger partial charge in [0.25, 0.3) is 0 Å². The van der Waals surface area contributed by atoms with Crippen molar-refractivity contribution in [2.75, 3.05) is 14.2 Å². The van der Waals surface area contributed by atoms with Crippen molar-refractivity contribution in [3.05, 3.63) is 39.9 Å². The van der Waals surface area contributed by atoms with Crippen molar-refractivity contribution in [2.24, 2.45) is 0 Å². The van der Waals surface area contributed by atoms with Gasteiger partial charge in [-0.3, -0.25) is 0 Å². The standard InChI is InChI=1S/C15H21N3OS/c1-5-6-12-15(20-18-17-12)14(16-3)11-9-10(2)7-8-13(11)19-4/h7-9,14,16H,5-6H2,1-4H3. The number of benzene rings is 1. The maximum atomic E-state index is 5.50. The van der Waals surface area contributed by atoms with E-state index in [1.165, 1.54) is 22.0 Å². The Bertz CT molecular complexity index is 568. The lowest BCUT2D eigenvalue weighted by Crippen LogP contribution is -2.19. The van der Waals surface area contributed by atoms with Gasteiger partial charge in [-0.15, -0.1) is 5.10 Å². The van der Waals surface area contributed by atoms with Gasteiger partial charge in [-0.1, -0.05) is 35.5 Å². The minimum atomic E-state index is 0.0754. The predicted molar refractivity (Wildman–Crippen MR) is 82.5 cm³/mol. The second kappa shape index (κ2) is 6.81. The van der Waals surface area contributed by atoms with E-state index >= 15 is 0 Å². The van der Waals surface area contributed by atoms with Gasteiger partial charge in [-0.2, -0.15) is 0 Å². The first kappa shape index (κ1) is 14.9. The molecule has 108 valence electrons. The van der Waals surface area contributed by atoms with E-state index in [4.69, 9.17) is 4.74 Å². The second-order valence-electron chi connectivity index (χ2n) is 4.80. The van der Waals surface area contributed by atoms with Gasteiger partial charge >= 0.3 is 0 Å². The lowest BCUT2D eigenvalue weighted by Gasteiger charge is -2.19. The molecule has 0 saturated heterocycles. The summed E-state index contributed by atoms with van der Waals surface area (Å²) < 4.78 is 9.63. The molecule has 0 aliphatic carbocycles. The zero-order chi connectivity index (χ0) is 14.5. The van der Waals surface area contributed by atoms with Crippen molar-refractivity contribution in [2.45, 2.75) is 32.7 Å². The predicted octanol–water partition coefficient (Wildman–Crippen LogP) is 3.12. The molecular weight excluding hydrogens is 270 g/mol. The summed E-state index contributed by atoms with van der Waals surface area (Å²) in [4.78, 5) is 1.18. The average molecular weight is 291 g/mol. The Balaban J connectivity index is 2.46. The van der Waals surface area contributed by atoms with Crippen LogP contribution in [0.3, 0.4) is 0 Å². The van der Waals surface area contributed by atoms with Crippen molar-refractivity contribution in [3.63, 3.8) is 0 Å². The molecule has 1 aromatic heterocycles. The van der Waals surface area contributed by atoms with E-state index in [0.29, 0.717) is 0 Å². The van der Waals surface area contributed by atoms with E-state index in [0.717, 1.165) is 29.8 Å². The zero-order valence-electron chi connectivity index (χ0n) is 12.4. The van der Waals surface area contributed by atoms with Crippen LogP contribution in [0.25, 0.3) is 0 Å². The van der Waals surface area contributed by atoms with Crippen LogP contribution >= 0.6 is 11.5 Å². The molecule has 4 nitrogen and oxygen atoms in total. The Morgan fingerprint density at radius 1 is 1.40 bits per heavy atom. The highest BCUT2D eigenvalue weighted by Gasteiger charge is 2.22. The van der Waals surface area contributed by atoms with Crippen LogP contribution in [0, 0.1) is 6.92 Å². The summed E-state index contributed by atoms with van der Waals surface area (Å²) >= 11 is 1.46. The largest absolute Gasteiger partial charge is 0.496 e. The summed E-state index contributed by atoms with van der Waals surface area (Å²) in [5.74, 6) is 0.894. The molecule has 0 radical (unpaired) electrons. The molecule has 0 fully saturated rings. The fourth-order valence-corrected chi connectivity index (χ4v) is 3.18. The third-order valence-corrected chi connectivity index (χ3v) is 4.15. The van der Waals surface area contributed by atoms with Crippen LogP contribution in [-0.4, -0.2) is 23.7 Å². The molecule has 2 aromatic rings. The number of hydrogen-bond acceptors (Lipinski definition) is 5. The van der Waals surface area contributed by atoms with Gasteiger partial charge in [0.1, 0.15) is 5.75 Å². The van der Waals surface area contributed by atoms with Crippen molar-refractivity contribution < 1.29 is 4.74 Å². The fraction of sp³-hybridized carbons (Fsp3) is 0.467. The van der Waals surface area contributed by atoms with Gasteiger partial charge in [-0.05, 0) is 38.0 Å². The number of rotatable bonds is 6. The monoisotopic (exact) mass is 291 g/mol. The lowest BCUT2D eigenvalue weighted by atomic mass is 10.00. The minimum absolute atomic E-state index is 0.0754. The quantitative estimate of drug-likeness (QED) is 0.888. The number of aromatic nitrogens is 2. The van der Waals surface area contributed by atoms with Gasteiger partial charge in [0.15, 0.2) is 0 Å². The molecule has 2 rings (SSSR count). The summed E-state index contributed by atoms with van der Waals surface area (Å²) in [6.45, 7) is 4.25. The van der Waals surface area contributed by atoms with E-state index in [2.05, 4.69) is 40.9 Å². The number of aryl methyl sites for hydroxylation is 2. The van der Waals surface area contributed by atoms with Crippen molar-refractivity contribution in [1.29, 1.82) is 0 Å². The van der Waals surface area contributed by atoms with Crippen LogP contribution in [0.5, 0.6) is 5.75 Å². The number of ether oxygens (including phenoxy) is 1. The highest BCUT2D eigenvalue weighted by atomic mass is 32.1. The Morgan fingerprint density at radius 3 is 2.85 bits per heavy atom. The van der Waals surface area contributed by atoms with Gasteiger partial charge in [-0.25, -0.2) is 0 Å². The van der Waals surface area contributed by atoms with Gasteiger partial charge < -0.3 is 10.1 Å². The number of nitrogens with zero attached hydrogens (tertiary/aromatic N) is 2. The van der Waals surface area contributed by atoms with E-state index < -0.39 is 0 Å². The van der Waals surface area contributed by atoms with Crippen LogP contribution in [-0.2, 0) is 6.42 Å². The molecule has 0 amide bonds. The Hall–Kier alpha value is -1.46. The number of methoxy groups -OCH3 is 1. The van der Waals surface area contributed by atoms with E-state index in [1.54, 1.807) is 7.11 Å². The maximum Gasteiger partial charge on any atom is 0.124 e. The molecule has 1 unspecified atom stereocenters. The summed E-state index contributed by atoms with van der Waals surface area (Å²) in [5, 5.41) is 7.64. The summed E-state index contributed by atoms with van der Waals surface area (Å²) in [6.07, 6.45) is 2.03. The molecule has 0 aliphatic rings. The third-order valence-electron chi connectivity index (χ3n) is 3.32. The molecule has 0 saturated carbocycles. The summed E-state index contributed by atoms with van der Waals surface area (Å²) in [7, 11) is 3.67. The first-order chi connectivity index (χ1) is 9.71. The highest BCUT2D eigenvalue weighted by molar-refractivity contribution is 7.05. The molecule has 20 heavy (non-hydrogen) atoms. The smallest absolute Gasteiger partial charge is 0.124 e. The SMILES string of the molecule is CCCc1nnsc1C(NC)c1cc(C)ccc1OC. The first-order valence-corrected chi connectivity index (χ1v) is 7.61. The van der Waals surface area contributed by atoms with Crippen LogP contribution in [0.1, 0.15) is 41.1 Å². The van der Waals surface area contributed by atoms with Crippen molar-refractivity contribution in [1.82, 2.24) is 14.9 Å². The van der Waals surface area contributed by atoms with E-state index in [9.17, 15) is 0 Å². The molecular formula is C15H21N3OS. The average Bonchev–Trinajstić information content (AvgIpc) is 2.89. The highest BCUT2D eigenvalue weighted by Crippen LogP contribution is 2.33. The van der Waals surface area contributed by atoms with Gasteiger partial charge in [0, 0.05) is 5.56 Å². The number of hydrogen-bond donors (Lipinski definition) is 1. The van der Waals surface area contributed by atoms with Crippen LogP contribution in [0.4, 0.5) is 0 Å². The first-order valence-electron chi connectivity index (χ1n) is 6.84.